The molecule has 0 saturated heterocycles. The normalized spacial score (nSPS) is 16.0. The summed E-state index contributed by atoms with van der Waals surface area (Å²) in [6, 6.07) is 13.9. The van der Waals surface area contributed by atoms with E-state index in [4.69, 9.17) is 4.52 Å². The Morgan fingerprint density at radius 1 is 1.15 bits per heavy atom. The molecule has 1 fully saturated rings. The maximum absolute atomic E-state index is 13.3. The fourth-order valence-electron chi connectivity index (χ4n) is 3.88. The molecule has 0 spiro atoms. The zero-order chi connectivity index (χ0) is 17.9. The Kier molecular flexibility index (Phi) is 4.69. The van der Waals surface area contributed by atoms with Gasteiger partial charge in [0, 0.05) is 5.39 Å². The van der Waals surface area contributed by atoms with Gasteiger partial charge in [0.1, 0.15) is 11.5 Å². The van der Waals surface area contributed by atoms with Crippen LogP contribution in [0.4, 0.5) is 4.39 Å². The lowest BCUT2D eigenvalue weighted by atomic mass is 9.91. The summed E-state index contributed by atoms with van der Waals surface area (Å²) in [6.45, 7) is 0. The second-order valence-corrected chi connectivity index (χ2v) is 6.94. The number of carbonyl (C=O) groups is 1. The van der Waals surface area contributed by atoms with Gasteiger partial charge >= 0.3 is 0 Å². The summed E-state index contributed by atoms with van der Waals surface area (Å²) >= 11 is 0. The van der Waals surface area contributed by atoms with E-state index in [0.717, 1.165) is 23.8 Å². The second kappa shape index (κ2) is 7.28. The molecule has 4 nitrogen and oxygen atoms in total. The van der Waals surface area contributed by atoms with Crippen molar-refractivity contribution in [1.82, 2.24) is 10.5 Å². The third kappa shape index (κ3) is 3.47. The summed E-state index contributed by atoms with van der Waals surface area (Å²) in [7, 11) is 0. The first-order chi connectivity index (χ1) is 12.7. The zero-order valence-electron chi connectivity index (χ0n) is 14.5. The van der Waals surface area contributed by atoms with E-state index < -0.39 is 0 Å². The molecule has 1 aliphatic rings. The van der Waals surface area contributed by atoms with E-state index in [1.807, 2.05) is 24.3 Å². The Labute approximate surface area is 151 Å². The highest BCUT2D eigenvalue weighted by atomic mass is 19.1. The lowest BCUT2D eigenvalue weighted by molar-refractivity contribution is -0.121. The van der Waals surface area contributed by atoms with Gasteiger partial charge in [-0.25, -0.2) is 4.39 Å². The second-order valence-electron chi connectivity index (χ2n) is 6.94. The van der Waals surface area contributed by atoms with Crippen molar-refractivity contribution in [2.45, 2.75) is 38.1 Å². The van der Waals surface area contributed by atoms with Crippen LogP contribution in [0.25, 0.3) is 11.0 Å². The van der Waals surface area contributed by atoms with Crippen LogP contribution in [0.3, 0.4) is 0 Å². The van der Waals surface area contributed by atoms with Crippen LogP contribution in [-0.2, 0) is 11.2 Å². The standard InChI is InChI=1S/C21H21FN2O2/c22-16-11-9-15(10-12-16)21(14-5-1-2-6-14)23-20(25)13-18-17-7-3-4-8-19(17)26-24-18/h3-4,7-12,14,21H,1-2,5-6,13H2,(H,23,25)/t21-/m1/s1. The van der Waals surface area contributed by atoms with Crippen LogP contribution in [0, 0.1) is 11.7 Å². The van der Waals surface area contributed by atoms with Gasteiger partial charge in [0.2, 0.25) is 5.91 Å². The molecule has 134 valence electrons. The Balaban J connectivity index is 1.53. The molecule has 1 N–H and O–H groups in total. The number of rotatable bonds is 5. The molecule has 3 aromatic rings. The largest absolute Gasteiger partial charge is 0.356 e. The van der Waals surface area contributed by atoms with Crippen LogP contribution in [0.2, 0.25) is 0 Å². The van der Waals surface area contributed by atoms with E-state index in [1.165, 1.54) is 25.0 Å². The first-order valence-electron chi connectivity index (χ1n) is 9.09. The minimum atomic E-state index is -0.265. The number of nitrogens with one attached hydrogen (secondary N) is 1. The molecular formula is C21H21FN2O2. The van der Waals surface area contributed by atoms with Gasteiger partial charge in [-0.1, -0.05) is 42.3 Å². The van der Waals surface area contributed by atoms with Crippen LogP contribution in [0.5, 0.6) is 0 Å². The van der Waals surface area contributed by atoms with E-state index in [9.17, 15) is 9.18 Å². The molecule has 1 amide bonds. The van der Waals surface area contributed by atoms with Crippen LogP contribution in [0.15, 0.2) is 53.1 Å². The minimum Gasteiger partial charge on any atom is -0.356 e. The summed E-state index contributed by atoms with van der Waals surface area (Å²) < 4.78 is 18.6. The van der Waals surface area contributed by atoms with Crippen molar-refractivity contribution in [2.24, 2.45) is 5.92 Å². The molecule has 1 saturated carbocycles. The summed E-state index contributed by atoms with van der Waals surface area (Å²) in [6.07, 6.45) is 4.67. The summed E-state index contributed by atoms with van der Waals surface area (Å²) in [5.41, 5.74) is 2.28. The number of hydrogen-bond acceptors (Lipinski definition) is 3. The molecule has 0 unspecified atom stereocenters. The maximum atomic E-state index is 13.3. The van der Waals surface area contributed by atoms with Gasteiger partial charge in [-0.15, -0.1) is 0 Å². The lowest BCUT2D eigenvalue weighted by Crippen LogP contribution is -2.33. The van der Waals surface area contributed by atoms with E-state index in [1.54, 1.807) is 12.1 Å². The number of para-hydroxylation sites is 1. The number of amides is 1. The Hall–Kier alpha value is -2.69. The van der Waals surface area contributed by atoms with E-state index in [0.29, 0.717) is 17.2 Å². The highest BCUT2D eigenvalue weighted by Crippen LogP contribution is 2.36. The van der Waals surface area contributed by atoms with E-state index in [-0.39, 0.29) is 24.2 Å². The molecule has 2 aromatic carbocycles. The van der Waals surface area contributed by atoms with Crippen LogP contribution >= 0.6 is 0 Å². The van der Waals surface area contributed by atoms with Gasteiger partial charge in [0.25, 0.3) is 0 Å². The minimum absolute atomic E-state index is 0.0923. The number of benzene rings is 2. The maximum Gasteiger partial charge on any atom is 0.226 e. The molecule has 0 aliphatic heterocycles. The molecule has 1 aliphatic carbocycles. The van der Waals surface area contributed by atoms with Crippen molar-refractivity contribution in [3.63, 3.8) is 0 Å². The number of hydrogen-bond donors (Lipinski definition) is 1. The molecular weight excluding hydrogens is 331 g/mol. The van der Waals surface area contributed by atoms with Gasteiger partial charge in [-0.05, 0) is 48.6 Å². The number of nitrogens with zero attached hydrogens (tertiary/aromatic N) is 1. The van der Waals surface area contributed by atoms with Gasteiger partial charge in [-0.2, -0.15) is 0 Å². The third-order valence-corrected chi connectivity index (χ3v) is 5.20. The Morgan fingerprint density at radius 2 is 1.88 bits per heavy atom. The van der Waals surface area contributed by atoms with Crippen molar-refractivity contribution >= 4 is 16.9 Å². The highest BCUT2D eigenvalue weighted by Gasteiger charge is 2.28. The summed E-state index contributed by atoms with van der Waals surface area (Å²) in [5.74, 6) is 0.0306. The Morgan fingerprint density at radius 3 is 2.65 bits per heavy atom. The number of carbonyl (C=O) groups excluding carboxylic acids is 1. The quantitative estimate of drug-likeness (QED) is 0.732. The fraction of sp³-hybridized carbons (Fsp3) is 0.333. The van der Waals surface area contributed by atoms with Crippen molar-refractivity contribution < 1.29 is 13.7 Å². The Bertz CT molecular complexity index is 898. The first kappa shape index (κ1) is 16.8. The first-order valence-corrected chi connectivity index (χ1v) is 9.09. The van der Waals surface area contributed by atoms with Crippen LogP contribution in [0.1, 0.15) is 43.0 Å². The van der Waals surface area contributed by atoms with Crippen molar-refractivity contribution in [2.75, 3.05) is 0 Å². The molecule has 1 aromatic heterocycles. The molecule has 0 radical (unpaired) electrons. The average Bonchev–Trinajstić information content (AvgIpc) is 3.31. The topological polar surface area (TPSA) is 55.1 Å². The van der Waals surface area contributed by atoms with E-state index >= 15 is 0 Å². The van der Waals surface area contributed by atoms with Gasteiger partial charge in [0.05, 0.1) is 12.5 Å². The van der Waals surface area contributed by atoms with Gasteiger partial charge < -0.3 is 9.84 Å². The fourth-order valence-corrected chi connectivity index (χ4v) is 3.88. The molecule has 1 atom stereocenters. The smallest absolute Gasteiger partial charge is 0.226 e. The van der Waals surface area contributed by atoms with Crippen LogP contribution < -0.4 is 5.32 Å². The number of halogens is 1. The van der Waals surface area contributed by atoms with Crippen molar-refractivity contribution in [3.8, 4) is 0 Å². The van der Waals surface area contributed by atoms with E-state index in [2.05, 4.69) is 10.5 Å². The van der Waals surface area contributed by atoms with Crippen LogP contribution in [-0.4, -0.2) is 11.1 Å². The number of aromatic nitrogens is 1. The molecule has 0 bridgehead atoms. The predicted octanol–water partition coefficient (Wildman–Crippen LogP) is 4.56. The van der Waals surface area contributed by atoms with Crippen molar-refractivity contribution in [3.05, 3.63) is 65.6 Å². The molecule has 5 heteroatoms. The van der Waals surface area contributed by atoms with Crippen molar-refractivity contribution in [1.29, 1.82) is 0 Å². The third-order valence-electron chi connectivity index (χ3n) is 5.20. The molecule has 1 heterocycles. The average molecular weight is 352 g/mol. The molecule has 4 rings (SSSR count). The summed E-state index contributed by atoms with van der Waals surface area (Å²) in [4.78, 5) is 12.7. The monoisotopic (exact) mass is 352 g/mol. The zero-order valence-corrected chi connectivity index (χ0v) is 14.5. The highest BCUT2D eigenvalue weighted by molar-refractivity contribution is 5.86. The van der Waals surface area contributed by atoms with Gasteiger partial charge in [0.15, 0.2) is 5.58 Å². The summed E-state index contributed by atoms with van der Waals surface area (Å²) in [5, 5.41) is 8.06. The predicted molar refractivity (Wildman–Crippen MR) is 97.0 cm³/mol. The number of fused-ring (bicyclic) bond motifs is 1. The lowest BCUT2D eigenvalue weighted by Gasteiger charge is -2.25. The SMILES string of the molecule is O=C(Cc1noc2ccccc12)N[C@@H](c1ccc(F)cc1)C1CCCC1. The molecule has 26 heavy (non-hydrogen) atoms. The van der Waals surface area contributed by atoms with Gasteiger partial charge in [-0.3, -0.25) is 4.79 Å².